The predicted molar refractivity (Wildman–Crippen MR) is 81.6 cm³/mol. The number of thioether (sulfide) groups is 1. The van der Waals surface area contributed by atoms with E-state index in [0.717, 1.165) is 36.7 Å². The summed E-state index contributed by atoms with van der Waals surface area (Å²) in [5.74, 6) is -1.92. The van der Waals surface area contributed by atoms with Gasteiger partial charge in [-0.05, 0) is 25.7 Å². The molecule has 2 aromatic rings. The van der Waals surface area contributed by atoms with Crippen LogP contribution in [-0.4, -0.2) is 27.2 Å². The Balaban J connectivity index is 1.64. The molecule has 1 aromatic heterocycles. The first-order chi connectivity index (χ1) is 10.9. The first-order valence-corrected chi connectivity index (χ1v) is 8.09. The highest BCUT2D eigenvalue weighted by atomic mass is 32.2. The van der Waals surface area contributed by atoms with Crippen molar-refractivity contribution in [2.75, 3.05) is 5.75 Å². The molecule has 0 spiro atoms. The standard InChI is InChI=1S/C15H14F2N4OS/c1-15(7-18,8-2-3-8)21-13(22)6-23-14-19-11-4-9(16)10(17)5-12(11)20-14/h4-5,8H,2-3,6H2,1H3,(H,19,20)(H,21,22). The van der Waals surface area contributed by atoms with Gasteiger partial charge in [-0.25, -0.2) is 13.8 Å². The maximum absolute atomic E-state index is 13.2. The summed E-state index contributed by atoms with van der Waals surface area (Å²) in [6.07, 6.45) is 1.89. The van der Waals surface area contributed by atoms with E-state index in [4.69, 9.17) is 0 Å². The molecule has 120 valence electrons. The van der Waals surface area contributed by atoms with Crippen molar-refractivity contribution in [3.8, 4) is 6.07 Å². The fraction of sp³-hybridized carbons (Fsp3) is 0.400. The molecule has 1 aliphatic rings. The second-order valence-corrected chi connectivity index (χ2v) is 6.71. The second-order valence-electron chi connectivity index (χ2n) is 5.75. The van der Waals surface area contributed by atoms with Crippen LogP contribution in [0.5, 0.6) is 0 Å². The highest BCUT2D eigenvalue weighted by Gasteiger charge is 2.42. The molecular weight excluding hydrogens is 322 g/mol. The van der Waals surface area contributed by atoms with Gasteiger partial charge in [0.15, 0.2) is 16.8 Å². The number of rotatable bonds is 5. The van der Waals surface area contributed by atoms with Crippen LogP contribution in [0, 0.1) is 28.9 Å². The van der Waals surface area contributed by atoms with Crippen molar-refractivity contribution in [3.63, 3.8) is 0 Å². The highest BCUT2D eigenvalue weighted by Crippen LogP contribution is 2.39. The van der Waals surface area contributed by atoms with Crippen molar-refractivity contribution in [2.24, 2.45) is 5.92 Å². The third kappa shape index (κ3) is 3.29. The van der Waals surface area contributed by atoms with E-state index < -0.39 is 17.2 Å². The Morgan fingerprint density at radius 2 is 2.22 bits per heavy atom. The van der Waals surface area contributed by atoms with Gasteiger partial charge in [-0.2, -0.15) is 5.26 Å². The largest absolute Gasteiger partial charge is 0.337 e. The summed E-state index contributed by atoms with van der Waals surface area (Å²) in [6.45, 7) is 1.72. The molecular formula is C15H14F2N4OS. The van der Waals surface area contributed by atoms with E-state index >= 15 is 0 Å². The number of aromatic amines is 1. The van der Waals surface area contributed by atoms with Gasteiger partial charge in [-0.15, -0.1) is 0 Å². The molecule has 23 heavy (non-hydrogen) atoms. The topological polar surface area (TPSA) is 81.6 Å². The first kappa shape index (κ1) is 15.7. The lowest BCUT2D eigenvalue weighted by atomic mass is 9.98. The minimum atomic E-state index is -0.965. The van der Waals surface area contributed by atoms with Crippen molar-refractivity contribution in [1.82, 2.24) is 15.3 Å². The SMILES string of the molecule is CC(C#N)(NC(=O)CSc1nc2cc(F)c(F)cc2[nH]1)C1CC1. The van der Waals surface area contributed by atoms with Gasteiger partial charge < -0.3 is 10.3 Å². The van der Waals surface area contributed by atoms with Crippen molar-refractivity contribution in [1.29, 1.82) is 5.26 Å². The summed E-state index contributed by atoms with van der Waals surface area (Å²) in [7, 11) is 0. The number of aromatic nitrogens is 2. The third-order valence-corrected chi connectivity index (χ3v) is 4.74. The van der Waals surface area contributed by atoms with Gasteiger partial charge in [0.25, 0.3) is 0 Å². The van der Waals surface area contributed by atoms with Crippen LogP contribution >= 0.6 is 11.8 Å². The van der Waals surface area contributed by atoms with E-state index in [1.807, 2.05) is 0 Å². The lowest BCUT2D eigenvalue weighted by Crippen LogP contribution is -2.47. The Morgan fingerprint density at radius 3 is 2.87 bits per heavy atom. The van der Waals surface area contributed by atoms with Gasteiger partial charge in [0, 0.05) is 12.1 Å². The molecule has 1 amide bonds. The van der Waals surface area contributed by atoms with E-state index in [9.17, 15) is 18.8 Å². The van der Waals surface area contributed by atoms with Crippen LogP contribution in [-0.2, 0) is 4.79 Å². The number of nitrogens with zero attached hydrogens (tertiary/aromatic N) is 2. The number of halogens is 2. The molecule has 1 saturated carbocycles. The molecule has 0 aliphatic heterocycles. The summed E-state index contributed by atoms with van der Waals surface area (Å²) in [5.41, 5.74) is -0.170. The van der Waals surface area contributed by atoms with Crippen molar-refractivity contribution < 1.29 is 13.6 Å². The van der Waals surface area contributed by atoms with Crippen LogP contribution in [0.15, 0.2) is 17.3 Å². The monoisotopic (exact) mass is 336 g/mol. The lowest BCUT2D eigenvalue weighted by Gasteiger charge is -2.22. The van der Waals surface area contributed by atoms with E-state index in [-0.39, 0.29) is 17.6 Å². The number of amides is 1. The molecule has 1 heterocycles. The molecule has 1 aromatic carbocycles. The van der Waals surface area contributed by atoms with Crippen LogP contribution in [0.1, 0.15) is 19.8 Å². The molecule has 0 radical (unpaired) electrons. The highest BCUT2D eigenvalue weighted by molar-refractivity contribution is 7.99. The molecule has 8 heteroatoms. The number of H-pyrrole nitrogens is 1. The number of hydrogen-bond donors (Lipinski definition) is 2. The van der Waals surface area contributed by atoms with Crippen LogP contribution in [0.2, 0.25) is 0 Å². The minimum absolute atomic E-state index is 0.0643. The fourth-order valence-corrected chi connectivity index (χ4v) is 3.08. The van der Waals surface area contributed by atoms with E-state index in [1.54, 1.807) is 6.92 Å². The number of benzene rings is 1. The van der Waals surface area contributed by atoms with Gasteiger partial charge in [0.05, 0.1) is 22.9 Å². The average Bonchev–Trinajstić information content (AvgIpc) is 3.29. The molecule has 1 atom stereocenters. The van der Waals surface area contributed by atoms with E-state index in [2.05, 4.69) is 21.4 Å². The Labute approximate surface area is 135 Å². The number of nitrogens with one attached hydrogen (secondary N) is 2. The fourth-order valence-electron chi connectivity index (χ4n) is 2.39. The first-order valence-electron chi connectivity index (χ1n) is 7.11. The number of carbonyl (C=O) groups excluding carboxylic acids is 1. The zero-order valence-corrected chi connectivity index (χ0v) is 13.1. The molecule has 3 rings (SSSR count). The van der Waals surface area contributed by atoms with Crippen molar-refractivity contribution in [3.05, 3.63) is 23.8 Å². The van der Waals surface area contributed by atoms with Crippen molar-refractivity contribution in [2.45, 2.75) is 30.5 Å². The molecule has 0 saturated heterocycles. The number of imidazole rings is 1. The molecule has 1 fully saturated rings. The summed E-state index contributed by atoms with van der Waals surface area (Å²) in [4.78, 5) is 18.9. The van der Waals surface area contributed by atoms with Gasteiger partial charge in [-0.1, -0.05) is 11.8 Å². The smallest absolute Gasteiger partial charge is 0.231 e. The summed E-state index contributed by atoms with van der Waals surface area (Å²) < 4.78 is 26.3. The molecule has 1 aliphatic carbocycles. The van der Waals surface area contributed by atoms with Crippen LogP contribution < -0.4 is 5.32 Å². The lowest BCUT2D eigenvalue weighted by molar-refractivity contribution is -0.119. The number of hydrogen-bond acceptors (Lipinski definition) is 4. The number of nitriles is 1. The zero-order chi connectivity index (χ0) is 16.6. The van der Waals surface area contributed by atoms with Crippen LogP contribution in [0.3, 0.4) is 0 Å². The van der Waals surface area contributed by atoms with Crippen LogP contribution in [0.4, 0.5) is 8.78 Å². The van der Waals surface area contributed by atoms with Gasteiger partial charge in [0.2, 0.25) is 5.91 Å². The van der Waals surface area contributed by atoms with E-state index in [0.29, 0.717) is 16.2 Å². The van der Waals surface area contributed by atoms with Crippen molar-refractivity contribution >= 4 is 28.7 Å². The predicted octanol–water partition coefficient (Wildman–Crippen LogP) is 2.74. The van der Waals surface area contributed by atoms with Gasteiger partial charge in [-0.3, -0.25) is 4.79 Å². The molecule has 5 nitrogen and oxygen atoms in total. The van der Waals surface area contributed by atoms with Gasteiger partial charge >= 0.3 is 0 Å². The summed E-state index contributed by atoms with van der Waals surface area (Å²) in [6, 6.07) is 4.19. The Hall–Kier alpha value is -2.14. The second kappa shape index (κ2) is 5.81. The zero-order valence-electron chi connectivity index (χ0n) is 12.3. The Morgan fingerprint density at radius 1 is 1.52 bits per heavy atom. The number of fused-ring (bicyclic) bond motifs is 1. The molecule has 0 bridgehead atoms. The Bertz CT molecular complexity index is 773. The minimum Gasteiger partial charge on any atom is -0.337 e. The molecule has 2 N–H and O–H groups in total. The van der Waals surface area contributed by atoms with Crippen LogP contribution in [0.25, 0.3) is 11.0 Å². The Kier molecular flexibility index (Phi) is 3.98. The summed E-state index contributed by atoms with van der Waals surface area (Å²) >= 11 is 1.12. The normalized spacial score (nSPS) is 16.8. The average molecular weight is 336 g/mol. The summed E-state index contributed by atoms with van der Waals surface area (Å²) in [5, 5.41) is 12.4. The number of carbonyl (C=O) groups is 1. The maximum Gasteiger partial charge on any atom is 0.231 e. The van der Waals surface area contributed by atoms with E-state index in [1.165, 1.54) is 0 Å². The quantitative estimate of drug-likeness (QED) is 0.823. The van der Waals surface area contributed by atoms with Gasteiger partial charge in [0.1, 0.15) is 5.54 Å². The molecule has 1 unspecified atom stereocenters. The maximum atomic E-state index is 13.2. The third-order valence-electron chi connectivity index (χ3n) is 3.87.